The highest BCUT2D eigenvalue weighted by molar-refractivity contribution is 5.77. The van der Waals surface area contributed by atoms with Gasteiger partial charge in [-0.2, -0.15) is 0 Å². The molecule has 0 bridgehead atoms. The summed E-state index contributed by atoms with van der Waals surface area (Å²) in [5, 5.41) is 3.68. The smallest absolute Gasteiger partial charge is 0.248 e. The maximum atomic E-state index is 11.6. The van der Waals surface area contributed by atoms with Gasteiger partial charge in [0.2, 0.25) is 5.91 Å². The van der Waals surface area contributed by atoms with E-state index in [9.17, 15) is 4.79 Å². The summed E-state index contributed by atoms with van der Waals surface area (Å²) in [5.74, 6) is 0.119. The zero-order valence-corrected chi connectivity index (χ0v) is 11.4. The first-order chi connectivity index (χ1) is 8.21. The third-order valence-electron chi connectivity index (χ3n) is 3.57. The number of ether oxygens (including phenoxy) is 1. The molecular weight excluding hydrogens is 216 g/mol. The van der Waals surface area contributed by atoms with Crippen LogP contribution in [0.2, 0.25) is 0 Å². The van der Waals surface area contributed by atoms with E-state index in [1.54, 1.807) is 7.11 Å². The summed E-state index contributed by atoms with van der Waals surface area (Å²) >= 11 is 0. The molecule has 1 aliphatic heterocycles. The lowest BCUT2D eigenvalue weighted by Crippen LogP contribution is -2.48. The zero-order chi connectivity index (χ0) is 12.7. The highest BCUT2D eigenvalue weighted by Gasteiger charge is 2.23. The van der Waals surface area contributed by atoms with Gasteiger partial charge in [0.15, 0.2) is 0 Å². The summed E-state index contributed by atoms with van der Waals surface area (Å²) < 4.78 is 4.88. The third-order valence-corrected chi connectivity index (χ3v) is 3.57. The third kappa shape index (κ3) is 4.64. The fourth-order valence-corrected chi connectivity index (χ4v) is 2.37. The zero-order valence-electron chi connectivity index (χ0n) is 11.4. The van der Waals surface area contributed by atoms with E-state index in [-0.39, 0.29) is 12.5 Å². The fraction of sp³-hybridized carbons (Fsp3) is 0.923. The highest BCUT2D eigenvalue weighted by Crippen LogP contribution is 2.12. The van der Waals surface area contributed by atoms with Crippen LogP contribution in [0.3, 0.4) is 0 Å². The van der Waals surface area contributed by atoms with Crippen molar-refractivity contribution >= 4 is 5.91 Å². The molecule has 1 fully saturated rings. The molecule has 0 unspecified atom stereocenters. The minimum atomic E-state index is 0.119. The second-order valence-corrected chi connectivity index (χ2v) is 4.77. The fourth-order valence-electron chi connectivity index (χ4n) is 2.37. The summed E-state index contributed by atoms with van der Waals surface area (Å²) in [6, 6.07) is 1.20. The lowest BCUT2D eigenvalue weighted by atomic mass is 10.0. The summed E-state index contributed by atoms with van der Waals surface area (Å²) in [4.78, 5) is 13.5. The number of hydrogen-bond donors (Lipinski definition) is 1. The molecule has 100 valence electrons. The molecule has 0 spiro atoms. The second-order valence-electron chi connectivity index (χ2n) is 4.77. The van der Waals surface area contributed by atoms with Crippen molar-refractivity contribution in [2.45, 2.75) is 51.6 Å². The Labute approximate surface area is 105 Å². The van der Waals surface area contributed by atoms with Gasteiger partial charge in [0, 0.05) is 32.3 Å². The van der Waals surface area contributed by atoms with Gasteiger partial charge in [0.25, 0.3) is 0 Å². The maximum Gasteiger partial charge on any atom is 0.248 e. The monoisotopic (exact) mass is 242 g/mol. The van der Waals surface area contributed by atoms with Crippen molar-refractivity contribution in [3.05, 3.63) is 0 Å². The molecule has 1 aliphatic rings. The molecule has 0 atom stereocenters. The summed E-state index contributed by atoms with van der Waals surface area (Å²) in [7, 11) is 1.57. The maximum absolute atomic E-state index is 11.6. The minimum Gasteiger partial charge on any atom is -0.375 e. The van der Waals surface area contributed by atoms with Crippen molar-refractivity contribution in [3.8, 4) is 0 Å². The molecule has 0 aromatic heterocycles. The van der Waals surface area contributed by atoms with Crippen molar-refractivity contribution in [2.24, 2.45) is 0 Å². The Balaban J connectivity index is 2.28. The summed E-state index contributed by atoms with van der Waals surface area (Å²) in [6.45, 7) is 6.38. The van der Waals surface area contributed by atoms with Gasteiger partial charge < -0.3 is 15.0 Å². The lowest BCUT2D eigenvalue weighted by molar-refractivity contribution is -0.136. The van der Waals surface area contributed by atoms with Gasteiger partial charge >= 0.3 is 0 Å². The van der Waals surface area contributed by atoms with Gasteiger partial charge in [-0.1, -0.05) is 13.8 Å². The van der Waals surface area contributed by atoms with Crippen LogP contribution in [-0.2, 0) is 9.53 Å². The molecule has 17 heavy (non-hydrogen) atoms. The Morgan fingerprint density at radius 1 is 1.35 bits per heavy atom. The van der Waals surface area contributed by atoms with Crippen LogP contribution >= 0.6 is 0 Å². The van der Waals surface area contributed by atoms with E-state index in [1.165, 1.54) is 12.8 Å². The van der Waals surface area contributed by atoms with E-state index in [4.69, 9.17) is 4.74 Å². The quantitative estimate of drug-likeness (QED) is 0.765. The van der Waals surface area contributed by atoms with E-state index in [1.807, 2.05) is 4.90 Å². The molecule has 1 amide bonds. The standard InChI is InChI=1S/C13H26N2O2/c1-4-11(5-2)14-12-6-8-15(9-7-12)13(16)10-17-3/h11-12,14H,4-10H2,1-3H3. The molecule has 0 radical (unpaired) electrons. The number of rotatable bonds is 6. The molecule has 4 nitrogen and oxygen atoms in total. The van der Waals surface area contributed by atoms with Crippen molar-refractivity contribution < 1.29 is 9.53 Å². The van der Waals surface area contributed by atoms with Crippen LogP contribution in [0.25, 0.3) is 0 Å². The molecule has 0 aromatic carbocycles. The second kappa shape index (κ2) is 7.67. The number of carbonyl (C=O) groups excluding carboxylic acids is 1. The Kier molecular flexibility index (Phi) is 6.52. The topological polar surface area (TPSA) is 41.6 Å². The predicted molar refractivity (Wildman–Crippen MR) is 69.0 cm³/mol. The molecule has 1 rings (SSSR count). The summed E-state index contributed by atoms with van der Waals surface area (Å²) in [6.07, 6.45) is 4.48. The number of hydrogen-bond acceptors (Lipinski definition) is 3. The number of piperidine rings is 1. The SMILES string of the molecule is CCC(CC)NC1CCN(C(=O)COC)CC1. The average Bonchev–Trinajstić information content (AvgIpc) is 2.37. The molecule has 1 N–H and O–H groups in total. The van der Waals surface area contributed by atoms with E-state index in [0.29, 0.717) is 12.1 Å². The van der Waals surface area contributed by atoms with Gasteiger partial charge in [-0.3, -0.25) is 4.79 Å². The van der Waals surface area contributed by atoms with Crippen LogP contribution in [-0.4, -0.2) is 49.7 Å². The van der Waals surface area contributed by atoms with Crippen molar-refractivity contribution in [3.63, 3.8) is 0 Å². The van der Waals surface area contributed by atoms with Gasteiger partial charge in [-0.05, 0) is 25.7 Å². The predicted octanol–water partition coefficient (Wildman–Crippen LogP) is 1.40. The number of nitrogens with zero attached hydrogens (tertiary/aromatic N) is 1. The molecule has 1 saturated heterocycles. The molecular formula is C13H26N2O2. The van der Waals surface area contributed by atoms with E-state index in [0.717, 1.165) is 25.9 Å². The van der Waals surface area contributed by atoms with Gasteiger partial charge in [0.1, 0.15) is 6.61 Å². The van der Waals surface area contributed by atoms with E-state index >= 15 is 0 Å². The van der Waals surface area contributed by atoms with Crippen LogP contribution in [0.4, 0.5) is 0 Å². The van der Waals surface area contributed by atoms with Crippen molar-refractivity contribution in [1.82, 2.24) is 10.2 Å². The number of nitrogens with one attached hydrogen (secondary N) is 1. The molecule has 0 saturated carbocycles. The molecule has 0 aromatic rings. The molecule has 1 heterocycles. The largest absolute Gasteiger partial charge is 0.375 e. The number of amides is 1. The van der Waals surface area contributed by atoms with E-state index in [2.05, 4.69) is 19.2 Å². The van der Waals surface area contributed by atoms with Crippen molar-refractivity contribution in [2.75, 3.05) is 26.8 Å². The van der Waals surface area contributed by atoms with Crippen LogP contribution in [0.5, 0.6) is 0 Å². The average molecular weight is 242 g/mol. The first-order valence-corrected chi connectivity index (χ1v) is 6.74. The first kappa shape index (κ1) is 14.5. The Bertz CT molecular complexity index is 221. The first-order valence-electron chi connectivity index (χ1n) is 6.74. The number of carbonyl (C=O) groups is 1. The Morgan fingerprint density at radius 3 is 2.41 bits per heavy atom. The van der Waals surface area contributed by atoms with Crippen LogP contribution in [0, 0.1) is 0 Å². The number of methoxy groups -OCH3 is 1. The Hall–Kier alpha value is -0.610. The van der Waals surface area contributed by atoms with Crippen LogP contribution in [0.1, 0.15) is 39.5 Å². The molecule has 4 heteroatoms. The summed E-state index contributed by atoms with van der Waals surface area (Å²) in [5.41, 5.74) is 0. The van der Waals surface area contributed by atoms with Crippen molar-refractivity contribution in [1.29, 1.82) is 0 Å². The van der Waals surface area contributed by atoms with E-state index < -0.39 is 0 Å². The van der Waals surface area contributed by atoms with Gasteiger partial charge in [-0.25, -0.2) is 0 Å². The highest BCUT2D eigenvalue weighted by atomic mass is 16.5. The van der Waals surface area contributed by atoms with Gasteiger partial charge in [-0.15, -0.1) is 0 Å². The molecule has 0 aliphatic carbocycles. The Morgan fingerprint density at radius 2 is 1.94 bits per heavy atom. The van der Waals surface area contributed by atoms with Crippen LogP contribution < -0.4 is 5.32 Å². The minimum absolute atomic E-state index is 0.119. The lowest BCUT2D eigenvalue weighted by Gasteiger charge is -2.34. The van der Waals surface area contributed by atoms with Crippen LogP contribution in [0.15, 0.2) is 0 Å². The van der Waals surface area contributed by atoms with Gasteiger partial charge in [0.05, 0.1) is 0 Å². The number of likely N-dealkylation sites (tertiary alicyclic amines) is 1. The normalized spacial score (nSPS) is 17.8.